The van der Waals surface area contributed by atoms with Gasteiger partial charge in [-0.1, -0.05) is 6.07 Å². The number of imidazole rings is 1. The van der Waals surface area contributed by atoms with Gasteiger partial charge in [0.1, 0.15) is 11.6 Å². The number of benzene rings is 1. The van der Waals surface area contributed by atoms with Gasteiger partial charge in [-0.2, -0.15) is 0 Å². The van der Waals surface area contributed by atoms with Crippen LogP contribution in [0, 0.1) is 12.7 Å². The largest absolute Gasteiger partial charge is 0.478 e. The monoisotopic (exact) mass is 260 g/mol. The van der Waals surface area contributed by atoms with Gasteiger partial charge in [-0.3, -0.25) is 0 Å². The van der Waals surface area contributed by atoms with E-state index in [1.54, 1.807) is 12.3 Å². The second-order valence-electron chi connectivity index (χ2n) is 4.12. The number of aryl methyl sites for hydroxylation is 1. The number of aliphatic carboxylic acids is 1. The standard InChI is InChI=1S/C14H13FN2O2/c1-10-16-6-7-17(10)9-12-2-4-13(15)8-11(12)3-5-14(18)19/h2-8H,9H2,1H3,(H,18,19). The van der Waals surface area contributed by atoms with Crippen LogP contribution >= 0.6 is 0 Å². The van der Waals surface area contributed by atoms with Crippen LogP contribution in [0.5, 0.6) is 0 Å². The lowest BCUT2D eigenvalue weighted by Gasteiger charge is -2.09. The van der Waals surface area contributed by atoms with E-state index in [1.807, 2.05) is 17.7 Å². The van der Waals surface area contributed by atoms with Crippen LogP contribution in [0.2, 0.25) is 0 Å². The fourth-order valence-electron chi connectivity index (χ4n) is 1.78. The molecule has 5 heteroatoms. The highest BCUT2D eigenvalue weighted by Gasteiger charge is 2.05. The number of hydrogen-bond acceptors (Lipinski definition) is 2. The van der Waals surface area contributed by atoms with Crippen LogP contribution in [0.15, 0.2) is 36.7 Å². The van der Waals surface area contributed by atoms with Crippen molar-refractivity contribution in [2.75, 3.05) is 0 Å². The fraction of sp³-hybridized carbons (Fsp3) is 0.143. The molecule has 0 aliphatic rings. The van der Waals surface area contributed by atoms with Gasteiger partial charge in [-0.25, -0.2) is 14.2 Å². The molecule has 0 saturated carbocycles. The van der Waals surface area contributed by atoms with E-state index in [0.29, 0.717) is 12.1 Å². The molecule has 0 spiro atoms. The van der Waals surface area contributed by atoms with E-state index >= 15 is 0 Å². The molecule has 0 bridgehead atoms. The van der Waals surface area contributed by atoms with E-state index in [2.05, 4.69) is 4.98 Å². The summed E-state index contributed by atoms with van der Waals surface area (Å²) in [7, 11) is 0. The molecular weight excluding hydrogens is 247 g/mol. The van der Waals surface area contributed by atoms with Gasteiger partial charge in [-0.05, 0) is 36.3 Å². The van der Waals surface area contributed by atoms with Crippen molar-refractivity contribution in [1.29, 1.82) is 0 Å². The lowest BCUT2D eigenvalue weighted by molar-refractivity contribution is -0.131. The second-order valence-corrected chi connectivity index (χ2v) is 4.12. The molecule has 4 nitrogen and oxygen atoms in total. The molecule has 0 aliphatic heterocycles. The van der Waals surface area contributed by atoms with Gasteiger partial charge in [0.25, 0.3) is 0 Å². The third-order valence-corrected chi connectivity index (χ3v) is 2.78. The van der Waals surface area contributed by atoms with E-state index in [-0.39, 0.29) is 0 Å². The van der Waals surface area contributed by atoms with Gasteiger partial charge >= 0.3 is 5.97 Å². The molecule has 98 valence electrons. The van der Waals surface area contributed by atoms with Crippen LogP contribution < -0.4 is 0 Å². The maximum atomic E-state index is 13.2. The Hall–Kier alpha value is -2.43. The fourth-order valence-corrected chi connectivity index (χ4v) is 1.78. The minimum atomic E-state index is -1.06. The molecule has 1 aromatic heterocycles. The van der Waals surface area contributed by atoms with Gasteiger partial charge in [-0.15, -0.1) is 0 Å². The lowest BCUT2D eigenvalue weighted by Crippen LogP contribution is -2.03. The summed E-state index contributed by atoms with van der Waals surface area (Å²) in [4.78, 5) is 14.7. The van der Waals surface area contributed by atoms with Crippen molar-refractivity contribution in [1.82, 2.24) is 9.55 Å². The quantitative estimate of drug-likeness (QED) is 0.859. The Balaban J connectivity index is 2.34. The molecule has 1 aromatic carbocycles. The van der Waals surface area contributed by atoms with Crippen molar-refractivity contribution < 1.29 is 14.3 Å². The second kappa shape index (κ2) is 5.48. The zero-order valence-electron chi connectivity index (χ0n) is 10.4. The summed E-state index contributed by atoms with van der Waals surface area (Å²) < 4.78 is 15.1. The molecule has 0 aliphatic carbocycles. The summed E-state index contributed by atoms with van der Waals surface area (Å²) in [6.45, 7) is 2.39. The average Bonchev–Trinajstić information content (AvgIpc) is 2.75. The first-order chi connectivity index (χ1) is 9.06. The molecule has 19 heavy (non-hydrogen) atoms. The zero-order chi connectivity index (χ0) is 13.8. The van der Waals surface area contributed by atoms with Gasteiger partial charge in [0.05, 0.1) is 0 Å². The van der Waals surface area contributed by atoms with Crippen LogP contribution in [0.3, 0.4) is 0 Å². The van der Waals surface area contributed by atoms with Crippen LogP contribution in [0.4, 0.5) is 4.39 Å². The highest BCUT2D eigenvalue weighted by molar-refractivity contribution is 5.85. The van der Waals surface area contributed by atoms with Crippen molar-refractivity contribution in [3.8, 4) is 0 Å². The first-order valence-corrected chi connectivity index (χ1v) is 5.73. The molecule has 1 heterocycles. The summed E-state index contributed by atoms with van der Waals surface area (Å²) in [5.41, 5.74) is 1.38. The molecule has 2 aromatic rings. The molecule has 0 unspecified atom stereocenters. The molecule has 0 amide bonds. The summed E-state index contributed by atoms with van der Waals surface area (Å²) in [6.07, 6.45) is 5.90. The summed E-state index contributed by atoms with van der Waals surface area (Å²) in [5, 5.41) is 8.64. The van der Waals surface area contributed by atoms with Gasteiger partial charge in [0.15, 0.2) is 0 Å². The van der Waals surface area contributed by atoms with Crippen LogP contribution in [0.1, 0.15) is 17.0 Å². The van der Waals surface area contributed by atoms with E-state index in [1.165, 1.54) is 18.2 Å². The summed E-state index contributed by atoms with van der Waals surface area (Å²) in [6, 6.07) is 4.33. The zero-order valence-corrected chi connectivity index (χ0v) is 10.4. The molecule has 2 rings (SSSR count). The van der Waals surface area contributed by atoms with Crippen molar-refractivity contribution in [3.63, 3.8) is 0 Å². The number of carboxylic acid groups (broad SMARTS) is 1. The highest BCUT2D eigenvalue weighted by atomic mass is 19.1. The molecule has 0 radical (unpaired) electrons. The molecular formula is C14H13FN2O2. The van der Waals surface area contributed by atoms with Crippen molar-refractivity contribution in [2.45, 2.75) is 13.5 Å². The Labute approximate surface area is 109 Å². The maximum Gasteiger partial charge on any atom is 0.328 e. The van der Waals surface area contributed by atoms with Crippen LogP contribution in [-0.4, -0.2) is 20.6 Å². The minimum Gasteiger partial charge on any atom is -0.478 e. The van der Waals surface area contributed by atoms with E-state index < -0.39 is 11.8 Å². The normalized spacial score (nSPS) is 11.1. The SMILES string of the molecule is Cc1nccn1Cc1ccc(F)cc1C=CC(=O)O. The summed E-state index contributed by atoms with van der Waals surface area (Å²) >= 11 is 0. The van der Waals surface area contributed by atoms with E-state index in [4.69, 9.17) is 5.11 Å². The number of halogens is 1. The summed E-state index contributed by atoms with van der Waals surface area (Å²) in [5.74, 6) is -0.609. The Morgan fingerprint density at radius 1 is 1.53 bits per heavy atom. The topological polar surface area (TPSA) is 55.1 Å². The van der Waals surface area contributed by atoms with Crippen molar-refractivity contribution in [2.24, 2.45) is 0 Å². The Morgan fingerprint density at radius 2 is 2.32 bits per heavy atom. The molecule has 1 N–H and O–H groups in total. The number of carboxylic acids is 1. The van der Waals surface area contributed by atoms with E-state index in [9.17, 15) is 9.18 Å². The maximum absolute atomic E-state index is 13.2. The lowest BCUT2D eigenvalue weighted by atomic mass is 10.1. The molecule has 0 saturated heterocycles. The first kappa shape index (κ1) is 13.0. The molecule has 0 fully saturated rings. The van der Waals surface area contributed by atoms with E-state index in [0.717, 1.165) is 17.5 Å². The van der Waals surface area contributed by atoms with Crippen molar-refractivity contribution >= 4 is 12.0 Å². The smallest absolute Gasteiger partial charge is 0.328 e. The Bertz CT molecular complexity index is 632. The van der Waals surface area contributed by atoms with Gasteiger partial charge in [0.2, 0.25) is 0 Å². The van der Waals surface area contributed by atoms with Gasteiger partial charge in [0, 0.05) is 25.0 Å². The Morgan fingerprint density at radius 3 is 2.95 bits per heavy atom. The van der Waals surface area contributed by atoms with Crippen LogP contribution in [-0.2, 0) is 11.3 Å². The minimum absolute atomic E-state index is 0.392. The van der Waals surface area contributed by atoms with Crippen molar-refractivity contribution in [3.05, 3.63) is 59.4 Å². The first-order valence-electron chi connectivity index (χ1n) is 5.73. The third kappa shape index (κ3) is 3.28. The van der Waals surface area contributed by atoms with Gasteiger partial charge < -0.3 is 9.67 Å². The number of hydrogen-bond donors (Lipinski definition) is 1. The highest BCUT2D eigenvalue weighted by Crippen LogP contribution is 2.15. The van der Waals surface area contributed by atoms with Crippen LogP contribution in [0.25, 0.3) is 6.08 Å². The predicted octanol–water partition coefficient (Wildman–Crippen LogP) is 2.48. The number of aromatic nitrogens is 2. The molecule has 0 atom stereocenters. The number of carbonyl (C=O) groups is 1. The third-order valence-electron chi connectivity index (χ3n) is 2.78. The average molecular weight is 260 g/mol. The Kier molecular flexibility index (Phi) is 3.75. The predicted molar refractivity (Wildman–Crippen MR) is 69.1 cm³/mol. The number of nitrogens with zero attached hydrogens (tertiary/aromatic N) is 2. The number of rotatable bonds is 4.